The molecule has 7 nitrogen and oxygen atoms in total. The van der Waals surface area contributed by atoms with Gasteiger partial charge in [-0.25, -0.2) is 5.01 Å². The van der Waals surface area contributed by atoms with E-state index >= 15 is 0 Å². The Morgan fingerprint density at radius 3 is 2.58 bits per heavy atom. The van der Waals surface area contributed by atoms with Crippen LogP contribution in [0, 0.1) is 11.8 Å². The number of nitrogens with one attached hydrogen (secondary N) is 1. The molecule has 0 unspecified atom stereocenters. The van der Waals surface area contributed by atoms with Crippen molar-refractivity contribution in [2.45, 2.75) is 12.8 Å². The van der Waals surface area contributed by atoms with Crippen molar-refractivity contribution < 1.29 is 19.1 Å². The average molecular weight is 355 g/mol. The largest absolute Gasteiger partial charge is 0.378 e. The lowest BCUT2D eigenvalue weighted by molar-refractivity contribution is -0.139. The highest BCUT2D eigenvalue weighted by molar-refractivity contribution is 6.05. The number of hydrogen-bond acceptors (Lipinski definition) is 4. The summed E-state index contributed by atoms with van der Waals surface area (Å²) in [5, 5.41) is 1.29. The molecule has 1 aromatic carbocycles. The Labute approximate surface area is 151 Å². The van der Waals surface area contributed by atoms with E-state index in [0.29, 0.717) is 50.4 Å². The summed E-state index contributed by atoms with van der Waals surface area (Å²) >= 11 is 0. The molecular formula is C19H21N3O4. The van der Waals surface area contributed by atoms with E-state index in [1.165, 1.54) is 5.01 Å². The summed E-state index contributed by atoms with van der Waals surface area (Å²) in [5.41, 5.74) is 3.70. The molecule has 7 heteroatoms. The molecule has 1 aliphatic carbocycles. The highest BCUT2D eigenvalue weighted by atomic mass is 16.5. The van der Waals surface area contributed by atoms with Gasteiger partial charge in [0.15, 0.2) is 0 Å². The lowest BCUT2D eigenvalue weighted by atomic mass is 9.80. The van der Waals surface area contributed by atoms with Crippen LogP contribution in [0.4, 0.5) is 5.69 Å². The maximum absolute atomic E-state index is 12.9. The molecule has 3 aliphatic rings. The number of hydrogen-bond donors (Lipinski definition) is 1. The second-order valence-electron chi connectivity index (χ2n) is 6.76. The minimum absolute atomic E-state index is 0.0931. The zero-order chi connectivity index (χ0) is 18.1. The van der Waals surface area contributed by atoms with Gasteiger partial charge < -0.3 is 9.64 Å². The molecule has 0 aromatic heterocycles. The topological polar surface area (TPSA) is 79.0 Å². The number of ether oxygens (including phenoxy) is 1. The van der Waals surface area contributed by atoms with Gasteiger partial charge in [0.1, 0.15) is 0 Å². The van der Waals surface area contributed by atoms with Crippen molar-refractivity contribution in [2.75, 3.05) is 31.3 Å². The van der Waals surface area contributed by atoms with Gasteiger partial charge in [0, 0.05) is 18.7 Å². The Kier molecular flexibility index (Phi) is 4.46. The Bertz CT molecular complexity index is 770. The van der Waals surface area contributed by atoms with Crippen LogP contribution >= 0.6 is 0 Å². The van der Waals surface area contributed by atoms with Crippen molar-refractivity contribution in [2.24, 2.45) is 11.8 Å². The molecule has 2 saturated heterocycles. The molecule has 2 atom stereocenters. The van der Waals surface area contributed by atoms with Crippen molar-refractivity contribution in [3.8, 4) is 0 Å². The molecule has 1 N–H and O–H groups in total. The molecule has 136 valence electrons. The van der Waals surface area contributed by atoms with Crippen LogP contribution in [-0.4, -0.2) is 48.9 Å². The summed E-state index contributed by atoms with van der Waals surface area (Å²) in [5.74, 6) is -1.02. The SMILES string of the molecule is O=C1NN(c2cccc(C(=O)N3CCOCC3)c2)C(=O)[C@H]2CC=CC[C@H]12. The lowest BCUT2D eigenvalue weighted by Gasteiger charge is -2.38. The standard InChI is InChI=1S/C19H21N3O4/c23-17-15-6-1-2-7-16(15)19(25)22(20-17)14-5-3-4-13(12-14)18(24)21-8-10-26-11-9-21/h1-5,12,15-16H,6-11H2,(H,20,23)/t15-,16-/m0/s1. The predicted octanol–water partition coefficient (Wildman–Crippen LogP) is 1.12. The summed E-state index contributed by atoms with van der Waals surface area (Å²) in [6.07, 6.45) is 5.06. The summed E-state index contributed by atoms with van der Waals surface area (Å²) in [7, 11) is 0. The average Bonchev–Trinajstić information content (AvgIpc) is 2.71. The number of carbonyl (C=O) groups is 3. The van der Waals surface area contributed by atoms with E-state index in [2.05, 4.69) is 5.43 Å². The van der Waals surface area contributed by atoms with Crippen molar-refractivity contribution in [1.82, 2.24) is 10.3 Å². The van der Waals surface area contributed by atoms with Crippen molar-refractivity contribution >= 4 is 23.4 Å². The molecule has 2 aliphatic heterocycles. The van der Waals surface area contributed by atoms with Crippen LogP contribution in [0.2, 0.25) is 0 Å². The second-order valence-corrected chi connectivity index (χ2v) is 6.76. The van der Waals surface area contributed by atoms with Crippen LogP contribution in [0.5, 0.6) is 0 Å². The molecule has 0 saturated carbocycles. The van der Waals surface area contributed by atoms with Crippen LogP contribution in [0.1, 0.15) is 23.2 Å². The smallest absolute Gasteiger partial charge is 0.254 e. The van der Waals surface area contributed by atoms with Gasteiger partial charge in [-0.05, 0) is 31.0 Å². The van der Waals surface area contributed by atoms with Gasteiger partial charge in [0.05, 0.1) is 30.7 Å². The number of anilines is 1. The number of benzene rings is 1. The Morgan fingerprint density at radius 1 is 1.08 bits per heavy atom. The van der Waals surface area contributed by atoms with Crippen molar-refractivity contribution in [1.29, 1.82) is 0 Å². The van der Waals surface area contributed by atoms with Gasteiger partial charge >= 0.3 is 0 Å². The van der Waals surface area contributed by atoms with Gasteiger partial charge in [-0.1, -0.05) is 18.2 Å². The Balaban J connectivity index is 1.58. The van der Waals surface area contributed by atoms with Crippen LogP contribution in [0.15, 0.2) is 36.4 Å². The molecule has 2 fully saturated rings. The van der Waals surface area contributed by atoms with Crippen LogP contribution in [0.25, 0.3) is 0 Å². The number of nitrogens with zero attached hydrogens (tertiary/aromatic N) is 2. The van der Waals surface area contributed by atoms with Gasteiger partial charge in [0.2, 0.25) is 11.8 Å². The maximum Gasteiger partial charge on any atom is 0.254 e. The summed E-state index contributed by atoms with van der Waals surface area (Å²) in [4.78, 5) is 39.7. The molecule has 3 amide bonds. The van der Waals surface area contributed by atoms with Crippen LogP contribution in [0.3, 0.4) is 0 Å². The zero-order valence-electron chi connectivity index (χ0n) is 14.4. The molecule has 4 rings (SSSR count). The molecule has 2 heterocycles. The minimum Gasteiger partial charge on any atom is -0.378 e. The molecule has 0 spiro atoms. The van der Waals surface area contributed by atoms with Crippen LogP contribution < -0.4 is 10.4 Å². The number of morpholine rings is 1. The first-order valence-electron chi connectivity index (χ1n) is 8.91. The van der Waals surface area contributed by atoms with Crippen LogP contribution in [-0.2, 0) is 14.3 Å². The zero-order valence-corrected chi connectivity index (χ0v) is 14.4. The van der Waals surface area contributed by atoms with Crippen molar-refractivity contribution in [3.63, 3.8) is 0 Å². The van der Waals surface area contributed by atoms with Gasteiger partial charge in [-0.3, -0.25) is 19.8 Å². The third-order valence-electron chi connectivity index (χ3n) is 5.18. The molecule has 0 radical (unpaired) electrons. The van der Waals surface area contributed by atoms with Crippen molar-refractivity contribution in [3.05, 3.63) is 42.0 Å². The van der Waals surface area contributed by atoms with E-state index < -0.39 is 0 Å². The molecule has 1 aromatic rings. The summed E-state index contributed by atoms with van der Waals surface area (Å²) in [6.45, 7) is 2.17. The fourth-order valence-electron chi connectivity index (χ4n) is 3.71. The van der Waals surface area contributed by atoms with Gasteiger partial charge in [-0.15, -0.1) is 0 Å². The fraction of sp³-hybridized carbons (Fsp3) is 0.421. The highest BCUT2D eigenvalue weighted by Gasteiger charge is 2.42. The fourth-order valence-corrected chi connectivity index (χ4v) is 3.71. The number of hydrazine groups is 1. The first-order valence-corrected chi connectivity index (χ1v) is 8.91. The highest BCUT2D eigenvalue weighted by Crippen LogP contribution is 2.32. The van der Waals surface area contributed by atoms with E-state index in [9.17, 15) is 14.4 Å². The monoisotopic (exact) mass is 355 g/mol. The number of rotatable bonds is 2. The van der Waals surface area contributed by atoms with E-state index in [1.54, 1.807) is 29.2 Å². The van der Waals surface area contributed by atoms with Gasteiger partial charge in [-0.2, -0.15) is 0 Å². The number of carbonyl (C=O) groups excluding carboxylic acids is 3. The number of allylic oxidation sites excluding steroid dienone is 2. The molecule has 26 heavy (non-hydrogen) atoms. The quantitative estimate of drug-likeness (QED) is 0.807. The predicted molar refractivity (Wildman–Crippen MR) is 94.1 cm³/mol. The summed E-state index contributed by atoms with van der Waals surface area (Å²) in [6, 6.07) is 6.85. The minimum atomic E-state index is -0.340. The third-order valence-corrected chi connectivity index (χ3v) is 5.18. The first-order chi connectivity index (χ1) is 12.6. The number of amides is 3. The third kappa shape index (κ3) is 2.99. The first kappa shape index (κ1) is 16.8. The van der Waals surface area contributed by atoms with E-state index in [1.807, 2.05) is 12.2 Å². The lowest BCUT2D eigenvalue weighted by Crippen LogP contribution is -2.59. The molecule has 0 bridgehead atoms. The van der Waals surface area contributed by atoms with E-state index in [4.69, 9.17) is 4.74 Å². The Morgan fingerprint density at radius 2 is 1.81 bits per heavy atom. The van der Waals surface area contributed by atoms with Gasteiger partial charge in [0.25, 0.3) is 5.91 Å². The summed E-state index contributed by atoms with van der Waals surface area (Å²) < 4.78 is 5.28. The van der Waals surface area contributed by atoms with E-state index in [-0.39, 0.29) is 29.6 Å². The second kappa shape index (κ2) is 6.92. The molecular weight excluding hydrogens is 334 g/mol. The van der Waals surface area contributed by atoms with E-state index in [0.717, 1.165) is 0 Å². The maximum atomic E-state index is 12.9. The number of fused-ring (bicyclic) bond motifs is 1. The Hall–Kier alpha value is -2.67. The normalized spacial score (nSPS) is 25.7.